The Morgan fingerprint density at radius 3 is 2.92 bits per heavy atom. The molecule has 0 rings (SSSR count). The maximum Gasteiger partial charge on any atom is 0.245 e. The van der Waals surface area contributed by atoms with Gasteiger partial charge in [-0.05, 0) is 12.5 Å². The highest BCUT2D eigenvalue weighted by Gasteiger charge is 1.91. The molecule has 3 nitrogen and oxygen atoms in total. The zero-order valence-corrected chi connectivity index (χ0v) is 7.64. The number of hydrogen-bond acceptors (Lipinski definition) is 2. The van der Waals surface area contributed by atoms with Gasteiger partial charge in [0.15, 0.2) is 0 Å². The van der Waals surface area contributed by atoms with Crippen LogP contribution in [-0.2, 0) is 9.53 Å². The molecule has 0 unspecified atom stereocenters. The zero-order chi connectivity index (χ0) is 9.23. The van der Waals surface area contributed by atoms with Gasteiger partial charge < -0.3 is 10.1 Å². The van der Waals surface area contributed by atoms with Gasteiger partial charge in [0.25, 0.3) is 0 Å². The predicted octanol–water partition coefficient (Wildman–Crippen LogP) is 1.45. The van der Waals surface area contributed by atoms with Crippen molar-refractivity contribution in [2.45, 2.75) is 26.2 Å². The summed E-state index contributed by atoms with van der Waals surface area (Å²) in [7, 11) is 0. The quantitative estimate of drug-likeness (QED) is 0.358. The Morgan fingerprint density at radius 2 is 2.33 bits per heavy atom. The first-order valence-corrected chi connectivity index (χ1v) is 4.29. The predicted molar refractivity (Wildman–Crippen MR) is 48.7 cm³/mol. The van der Waals surface area contributed by atoms with Crippen molar-refractivity contribution in [3.63, 3.8) is 0 Å². The van der Waals surface area contributed by atoms with E-state index in [0.717, 1.165) is 6.42 Å². The molecular formula is C9H17NO2. The third-order valence-corrected chi connectivity index (χ3v) is 1.43. The molecule has 0 aromatic rings. The Hall–Kier alpha value is -0.830. The van der Waals surface area contributed by atoms with Crippen molar-refractivity contribution in [1.82, 2.24) is 5.32 Å². The average molecular weight is 171 g/mol. The van der Waals surface area contributed by atoms with E-state index in [9.17, 15) is 4.79 Å². The number of hydrogen-bond donors (Lipinski definition) is 1. The highest BCUT2D eigenvalue weighted by atomic mass is 16.5. The smallest absolute Gasteiger partial charge is 0.245 e. The number of carbonyl (C=O) groups is 1. The molecule has 12 heavy (non-hydrogen) atoms. The molecular weight excluding hydrogens is 154 g/mol. The molecule has 0 heterocycles. The van der Waals surface area contributed by atoms with Gasteiger partial charge in [0.2, 0.25) is 5.91 Å². The maximum atomic E-state index is 10.6. The first-order chi connectivity index (χ1) is 5.81. The monoisotopic (exact) mass is 171 g/mol. The molecule has 0 aromatic carbocycles. The lowest BCUT2D eigenvalue weighted by Gasteiger charge is -2.03. The molecule has 0 saturated heterocycles. The summed E-state index contributed by atoms with van der Waals surface area (Å²) in [6.07, 6.45) is 4.65. The van der Waals surface area contributed by atoms with Crippen LogP contribution < -0.4 is 5.32 Å². The lowest BCUT2D eigenvalue weighted by molar-refractivity contribution is -0.118. The standard InChI is InChI=1S/C9H17NO2/c1-3-5-6-7-12-8-10-9(11)4-2/h4H,2-3,5-8H2,1H3,(H,10,11). The van der Waals surface area contributed by atoms with Gasteiger partial charge in [-0.2, -0.15) is 0 Å². The van der Waals surface area contributed by atoms with Gasteiger partial charge in [0.1, 0.15) is 6.73 Å². The number of nitrogens with one attached hydrogen (secondary N) is 1. The number of ether oxygens (including phenoxy) is 1. The Kier molecular flexibility index (Phi) is 7.70. The molecule has 0 bridgehead atoms. The molecule has 0 atom stereocenters. The molecule has 0 saturated carbocycles. The Morgan fingerprint density at radius 1 is 1.58 bits per heavy atom. The SMILES string of the molecule is C=CC(=O)NCOCCCCC. The zero-order valence-electron chi connectivity index (χ0n) is 7.64. The molecule has 0 aliphatic rings. The van der Waals surface area contributed by atoms with E-state index in [1.54, 1.807) is 0 Å². The second-order valence-corrected chi connectivity index (χ2v) is 2.50. The van der Waals surface area contributed by atoms with Crippen molar-refractivity contribution in [1.29, 1.82) is 0 Å². The highest BCUT2D eigenvalue weighted by Crippen LogP contribution is 1.92. The minimum absolute atomic E-state index is 0.189. The van der Waals surface area contributed by atoms with Crippen molar-refractivity contribution in [2.24, 2.45) is 0 Å². The number of rotatable bonds is 7. The van der Waals surface area contributed by atoms with E-state index in [4.69, 9.17) is 4.74 Å². The van der Waals surface area contributed by atoms with E-state index in [2.05, 4.69) is 18.8 Å². The van der Waals surface area contributed by atoms with E-state index in [-0.39, 0.29) is 12.6 Å². The normalized spacial score (nSPS) is 9.42. The van der Waals surface area contributed by atoms with Crippen molar-refractivity contribution in [2.75, 3.05) is 13.3 Å². The van der Waals surface area contributed by atoms with Gasteiger partial charge in [-0.15, -0.1) is 0 Å². The molecule has 0 spiro atoms. The molecule has 3 heteroatoms. The van der Waals surface area contributed by atoms with Crippen LogP contribution in [0.2, 0.25) is 0 Å². The molecule has 70 valence electrons. The average Bonchev–Trinajstić information content (AvgIpc) is 2.10. The summed E-state index contributed by atoms with van der Waals surface area (Å²) in [5, 5.41) is 2.53. The van der Waals surface area contributed by atoms with Crippen LogP contribution in [0.1, 0.15) is 26.2 Å². The summed E-state index contributed by atoms with van der Waals surface area (Å²) < 4.78 is 5.13. The first kappa shape index (κ1) is 11.2. The van der Waals surface area contributed by atoms with E-state index < -0.39 is 0 Å². The van der Waals surface area contributed by atoms with Crippen LogP contribution in [0.15, 0.2) is 12.7 Å². The molecule has 0 aromatic heterocycles. The van der Waals surface area contributed by atoms with Crippen LogP contribution in [0.4, 0.5) is 0 Å². The summed E-state index contributed by atoms with van der Waals surface area (Å²) in [5.41, 5.74) is 0. The Balaban J connectivity index is 3.00. The van der Waals surface area contributed by atoms with Crippen LogP contribution >= 0.6 is 0 Å². The summed E-state index contributed by atoms with van der Waals surface area (Å²) in [6.45, 7) is 6.46. The van der Waals surface area contributed by atoms with Gasteiger partial charge in [0.05, 0.1) is 0 Å². The van der Waals surface area contributed by atoms with Crippen LogP contribution in [0, 0.1) is 0 Å². The lowest BCUT2D eigenvalue weighted by Crippen LogP contribution is -2.24. The molecule has 1 N–H and O–H groups in total. The van der Waals surface area contributed by atoms with Gasteiger partial charge in [-0.25, -0.2) is 0 Å². The van der Waals surface area contributed by atoms with E-state index in [0.29, 0.717) is 6.61 Å². The third-order valence-electron chi connectivity index (χ3n) is 1.43. The fourth-order valence-electron chi connectivity index (χ4n) is 0.721. The maximum absolute atomic E-state index is 10.6. The molecule has 0 radical (unpaired) electrons. The molecule has 1 amide bonds. The lowest BCUT2D eigenvalue weighted by atomic mass is 10.3. The van der Waals surface area contributed by atoms with Crippen LogP contribution in [0.5, 0.6) is 0 Å². The van der Waals surface area contributed by atoms with Gasteiger partial charge in [-0.1, -0.05) is 26.3 Å². The minimum atomic E-state index is -0.189. The summed E-state index contributed by atoms with van der Waals surface area (Å²) in [4.78, 5) is 10.6. The molecule has 0 aliphatic carbocycles. The third kappa shape index (κ3) is 7.28. The minimum Gasteiger partial charge on any atom is -0.361 e. The van der Waals surface area contributed by atoms with Gasteiger partial charge in [-0.3, -0.25) is 4.79 Å². The number of carbonyl (C=O) groups excluding carboxylic acids is 1. The van der Waals surface area contributed by atoms with Crippen molar-refractivity contribution >= 4 is 5.91 Å². The fourth-order valence-corrected chi connectivity index (χ4v) is 0.721. The summed E-state index contributed by atoms with van der Waals surface area (Å²) >= 11 is 0. The van der Waals surface area contributed by atoms with Crippen molar-refractivity contribution in [3.8, 4) is 0 Å². The second kappa shape index (κ2) is 8.27. The Labute approximate surface area is 73.8 Å². The number of amides is 1. The van der Waals surface area contributed by atoms with Gasteiger partial charge in [0, 0.05) is 6.61 Å². The van der Waals surface area contributed by atoms with E-state index >= 15 is 0 Å². The van der Waals surface area contributed by atoms with Gasteiger partial charge >= 0.3 is 0 Å². The Bertz CT molecular complexity index is 134. The van der Waals surface area contributed by atoms with Crippen LogP contribution in [0.3, 0.4) is 0 Å². The van der Waals surface area contributed by atoms with Crippen molar-refractivity contribution in [3.05, 3.63) is 12.7 Å². The summed E-state index contributed by atoms with van der Waals surface area (Å²) in [5.74, 6) is -0.189. The van der Waals surface area contributed by atoms with Crippen molar-refractivity contribution < 1.29 is 9.53 Å². The van der Waals surface area contributed by atoms with E-state index in [1.807, 2.05) is 0 Å². The highest BCUT2D eigenvalue weighted by molar-refractivity contribution is 5.86. The molecule has 0 fully saturated rings. The second-order valence-electron chi connectivity index (χ2n) is 2.50. The van der Waals surface area contributed by atoms with Crippen LogP contribution in [0.25, 0.3) is 0 Å². The first-order valence-electron chi connectivity index (χ1n) is 4.29. The largest absolute Gasteiger partial charge is 0.361 e. The molecule has 0 aliphatic heterocycles. The topological polar surface area (TPSA) is 38.3 Å². The fraction of sp³-hybridized carbons (Fsp3) is 0.667. The van der Waals surface area contributed by atoms with E-state index in [1.165, 1.54) is 18.9 Å². The number of unbranched alkanes of at least 4 members (excludes halogenated alkanes) is 2. The summed E-state index contributed by atoms with van der Waals surface area (Å²) in [6, 6.07) is 0. The van der Waals surface area contributed by atoms with Crippen LogP contribution in [-0.4, -0.2) is 19.2 Å².